The van der Waals surface area contributed by atoms with Crippen molar-refractivity contribution in [3.8, 4) is 0 Å². The third-order valence-electron chi connectivity index (χ3n) is 3.94. The Morgan fingerprint density at radius 1 is 1.40 bits per heavy atom. The van der Waals surface area contributed by atoms with Gasteiger partial charge in [-0.05, 0) is 49.5 Å². The minimum absolute atomic E-state index is 0.0616. The van der Waals surface area contributed by atoms with E-state index in [1.807, 2.05) is 6.26 Å². The Kier molecular flexibility index (Phi) is 8.36. The quantitative estimate of drug-likeness (QED) is 0.698. The fourth-order valence-electron chi connectivity index (χ4n) is 2.56. The molecule has 1 saturated heterocycles. The van der Waals surface area contributed by atoms with Crippen molar-refractivity contribution >= 4 is 46.8 Å². The average Bonchev–Trinajstić information content (AvgIpc) is 3.09. The minimum atomic E-state index is -0.618. The van der Waals surface area contributed by atoms with Gasteiger partial charge in [-0.3, -0.25) is 9.59 Å². The van der Waals surface area contributed by atoms with Crippen LogP contribution in [0.5, 0.6) is 0 Å². The van der Waals surface area contributed by atoms with E-state index in [1.54, 1.807) is 23.9 Å². The van der Waals surface area contributed by atoms with Crippen molar-refractivity contribution in [2.45, 2.75) is 31.4 Å². The van der Waals surface area contributed by atoms with Crippen molar-refractivity contribution in [1.29, 1.82) is 0 Å². The molecule has 2 N–H and O–H groups in total. The molecule has 1 aromatic rings. The van der Waals surface area contributed by atoms with E-state index in [4.69, 9.17) is 27.9 Å². The normalized spacial score (nSPS) is 18.0. The molecule has 138 valence electrons. The molecular formula is C17H22Cl2N2O3S. The summed E-state index contributed by atoms with van der Waals surface area (Å²) in [6, 6.07) is 4.03. The predicted octanol–water partition coefficient (Wildman–Crippen LogP) is 3.14. The van der Waals surface area contributed by atoms with E-state index in [-0.39, 0.29) is 22.9 Å². The number of rotatable bonds is 8. The summed E-state index contributed by atoms with van der Waals surface area (Å²) >= 11 is 13.5. The summed E-state index contributed by atoms with van der Waals surface area (Å²) < 4.78 is 5.51. The first-order valence-electron chi connectivity index (χ1n) is 8.15. The lowest BCUT2D eigenvalue weighted by molar-refractivity contribution is -0.123. The molecule has 1 aliphatic heterocycles. The molecule has 0 radical (unpaired) electrons. The van der Waals surface area contributed by atoms with Gasteiger partial charge in [0.2, 0.25) is 5.91 Å². The van der Waals surface area contributed by atoms with E-state index in [1.165, 1.54) is 6.07 Å². The fourth-order valence-corrected chi connectivity index (χ4v) is 3.52. The number of amides is 2. The van der Waals surface area contributed by atoms with Crippen LogP contribution in [-0.4, -0.2) is 49.1 Å². The number of benzene rings is 1. The van der Waals surface area contributed by atoms with E-state index >= 15 is 0 Å². The van der Waals surface area contributed by atoms with Crippen LogP contribution in [0.1, 0.15) is 29.6 Å². The number of thioether (sulfide) groups is 1. The van der Waals surface area contributed by atoms with E-state index in [0.29, 0.717) is 23.6 Å². The molecule has 1 heterocycles. The van der Waals surface area contributed by atoms with Gasteiger partial charge in [0.25, 0.3) is 5.91 Å². The third-order valence-corrected chi connectivity index (χ3v) is 5.13. The number of carbonyl (C=O) groups is 2. The van der Waals surface area contributed by atoms with Gasteiger partial charge in [-0.15, -0.1) is 0 Å². The predicted molar refractivity (Wildman–Crippen MR) is 103 cm³/mol. The van der Waals surface area contributed by atoms with Gasteiger partial charge in [0.05, 0.1) is 16.7 Å². The van der Waals surface area contributed by atoms with Gasteiger partial charge in [-0.1, -0.05) is 23.2 Å². The van der Waals surface area contributed by atoms with Crippen LogP contribution < -0.4 is 10.6 Å². The fraction of sp³-hybridized carbons (Fsp3) is 0.529. The van der Waals surface area contributed by atoms with Crippen molar-refractivity contribution in [2.75, 3.05) is 25.2 Å². The molecule has 1 aromatic carbocycles. The summed E-state index contributed by atoms with van der Waals surface area (Å²) in [6.45, 7) is 1.20. The van der Waals surface area contributed by atoms with Crippen LogP contribution in [0.2, 0.25) is 10.0 Å². The van der Waals surface area contributed by atoms with Crippen molar-refractivity contribution in [3.05, 3.63) is 33.8 Å². The molecule has 8 heteroatoms. The van der Waals surface area contributed by atoms with Crippen LogP contribution >= 0.6 is 35.0 Å². The van der Waals surface area contributed by atoms with Gasteiger partial charge >= 0.3 is 0 Å². The van der Waals surface area contributed by atoms with Gasteiger partial charge in [0.15, 0.2) is 0 Å². The van der Waals surface area contributed by atoms with E-state index in [0.717, 1.165) is 25.2 Å². The molecule has 0 bridgehead atoms. The number of hydrogen-bond acceptors (Lipinski definition) is 4. The molecule has 1 fully saturated rings. The monoisotopic (exact) mass is 404 g/mol. The van der Waals surface area contributed by atoms with Gasteiger partial charge in [0, 0.05) is 18.2 Å². The second-order valence-electron chi connectivity index (χ2n) is 5.81. The SMILES string of the molecule is CSCC[C@H](NC(=O)c1ccc(Cl)cc1Cl)C(=O)NC[C@H]1CCCO1. The topological polar surface area (TPSA) is 67.4 Å². The Balaban J connectivity index is 1.97. The van der Waals surface area contributed by atoms with Gasteiger partial charge in [0.1, 0.15) is 6.04 Å². The molecule has 0 aromatic heterocycles. The molecule has 2 amide bonds. The highest BCUT2D eigenvalue weighted by atomic mass is 35.5. The molecule has 25 heavy (non-hydrogen) atoms. The highest BCUT2D eigenvalue weighted by Gasteiger charge is 2.24. The van der Waals surface area contributed by atoms with Crippen molar-refractivity contribution in [1.82, 2.24) is 10.6 Å². The van der Waals surface area contributed by atoms with Crippen molar-refractivity contribution < 1.29 is 14.3 Å². The number of ether oxygens (including phenoxy) is 1. The summed E-state index contributed by atoms with van der Waals surface area (Å²) in [6.07, 6.45) is 4.52. The third kappa shape index (κ3) is 6.37. The summed E-state index contributed by atoms with van der Waals surface area (Å²) in [5.41, 5.74) is 0.298. The van der Waals surface area contributed by atoms with Gasteiger partial charge in [-0.2, -0.15) is 11.8 Å². The standard InChI is InChI=1S/C17H22Cl2N2O3S/c1-25-8-6-15(17(23)20-10-12-3-2-7-24-12)21-16(22)13-5-4-11(18)9-14(13)19/h4-5,9,12,15H,2-3,6-8,10H2,1H3,(H,20,23)(H,21,22)/t12-,15+/m1/s1. The lowest BCUT2D eigenvalue weighted by Crippen LogP contribution is -2.48. The molecular weight excluding hydrogens is 383 g/mol. The second-order valence-corrected chi connectivity index (χ2v) is 7.64. The first kappa shape index (κ1) is 20.4. The molecule has 0 saturated carbocycles. The smallest absolute Gasteiger partial charge is 0.253 e. The molecule has 1 aliphatic rings. The van der Waals surface area contributed by atoms with Crippen molar-refractivity contribution in [2.24, 2.45) is 0 Å². The first-order valence-corrected chi connectivity index (χ1v) is 10.3. The summed E-state index contributed by atoms with van der Waals surface area (Å²) in [4.78, 5) is 24.9. The first-order chi connectivity index (χ1) is 12.0. The molecule has 0 aliphatic carbocycles. The lowest BCUT2D eigenvalue weighted by atomic mass is 10.1. The molecule has 2 atom stereocenters. The zero-order chi connectivity index (χ0) is 18.2. The Hall–Kier alpha value is -0.950. The Labute approximate surface area is 162 Å². The lowest BCUT2D eigenvalue weighted by Gasteiger charge is -2.20. The van der Waals surface area contributed by atoms with Crippen molar-refractivity contribution in [3.63, 3.8) is 0 Å². The molecule has 5 nitrogen and oxygen atoms in total. The van der Waals surface area contributed by atoms with Crippen LogP contribution in [-0.2, 0) is 9.53 Å². The highest BCUT2D eigenvalue weighted by molar-refractivity contribution is 7.98. The maximum absolute atomic E-state index is 12.5. The van der Waals surface area contributed by atoms with Gasteiger partial charge < -0.3 is 15.4 Å². The summed E-state index contributed by atoms with van der Waals surface area (Å²) in [5.74, 6) is 0.162. The largest absolute Gasteiger partial charge is 0.376 e. The second kappa shape index (κ2) is 10.3. The maximum Gasteiger partial charge on any atom is 0.253 e. The van der Waals surface area contributed by atoms with Crippen LogP contribution in [0.15, 0.2) is 18.2 Å². The number of nitrogens with one attached hydrogen (secondary N) is 2. The minimum Gasteiger partial charge on any atom is -0.376 e. The number of hydrogen-bond donors (Lipinski definition) is 2. The Bertz CT molecular complexity index is 610. The summed E-state index contributed by atoms with van der Waals surface area (Å²) in [7, 11) is 0. The molecule has 0 unspecified atom stereocenters. The average molecular weight is 405 g/mol. The Morgan fingerprint density at radius 3 is 2.84 bits per heavy atom. The summed E-state index contributed by atoms with van der Waals surface area (Å²) in [5, 5.41) is 6.35. The van der Waals surface area contributed by atoms with Crippen LogP contribution in [0.4, 0.5) is 0 Å². The molecule has 2 rings (SSSR count). The van der Waals surface area contributed by atoms with Crippen LogP contribution in [0, 0.1) is 0 Å². The highest BCUT2D eigenvalue weighted by Crippen LogP contribution is 2.21. The number of carbonyl (C=O) groups excluding carboxylic acids is 2. The zero-order valence-electron chi connectivity index (χ0n) is 14.0. The molecule has 0 spiro atoms. The van der Waals surface area contributed by atoms with E-state index < -0.39 is 6.04 Å². The van der Waals surface area contributed by atoms with Crippen LogP contribution in [0.3, 0.4) is 0 Å². The maximum atomic E-state index is 12.5. The van der Waals surface area contributed by atoms with E-state index in [2.05, 4.69) is 10.6 Å². The van der Waals surface area contributed by atoms with E-state index in [9.17, 15) is 9.59 Å². The van der Waals surface area contributed by atoms with Crippen LogP contribution in [0.25, 0.3) is 0 Å². The number of halogens is 2. The Morgan fingerprint density at radius 2 is 2.20 bits per heavy atom. The zero-order valence-corrected chi connectivity index (χ0v) is 16.3. The van der Waals surface area contributed by atoms with Gasteiger partial charge in [-0.25, -0.2) is 0 Å².